The third kappa shape index (κ3) is 33.0. The summed E-state index contributed by atoms with van der Waals surface area (Å²) < 4.78 is 31.6. The van der Waals surface area contributed by atoms with Crippen LogP contribution in [0.4, 0.5) is 0 Å². The zero-order chi connectivity index (χ0) is 16.7. The Morgan fingerprint density at radius 3 is 1.67 bits per heavy atom. The second-order valence-corrected chi connectivity index (χ2v) is 6.79. The monoisotopic (exact) mass is 326 g/mol. The van der Waals surface area contributed by atoms with Gasteiger partial charge in [0.2, 0.25) is 0 Å². The molecule has 0 rings (SSSR count). The van der Waals surface area contributed by atoms with Crippen molar-refractivity contribution >= 4 is 10.4 Å². The Hall–Kier alpha value is -0.170. The molecule has 0 radical (unpaired) electrons. The van der Waals surface area contributed by atoms with Gasteiger partial charge in [0.05, 0.1) is 6.10 Å². The van der Waals surface area contributed by atoms with E-state index in [-0.39, 0.29) is 6.10 Å². The van der Waals surface area contributed by atoms with Gasteiger partial charge in [-0.3, -0.25) is 9.11 Å². The molecule has 2 unspecified atom stereocenters. The zero-order valence-corrected chi connectivity index (χ0v) is 14.6. The molecule has 0 bridgehead atoms. The molecule has 0 aromatic carbocycles. The van der Waals surface area contributed by atoms with E-state index in [0.29, 0.717) is 0 Å². The van der Waals surface area contributed by atoms with Crippen molar-refractivity contribution in [1.82, 2.24) is 0 Å². The molecule has 0 amide bonds. The van der Waals surface area contributed by atoms with Gasteiger partial charge in [-0.1, -0.05) is 65.2 Å². The highest BCUT2D eigenvalue weighted by Crippen LogP contribution is 2.17. The van der Waals surface area contributed by atoms with Crippen LogP contribution < -0.4 is 0 Å². The lowest BCUT2D eigenvalue weighted by Crippen LogP contribution is -2.03. The van der Waals surface area contributed by atoms with E-state index in [2.05, 4.69) is 13.8 Å². The van der Waals surface area contributed by atoms with Crippen LogP contribution in [0.5, 0.6) is 0 Å². The molecule has 6 heteroatoms. The summed E-state index contributed by atoms with van der Waals surface area (Å²) in [4.78, 5) is 0. The summed E-state index contributed by atoms with van der Waals surface area (Å²) >= 11 is 0. The molecule has 0 saturated heterocycles. The van der Waals surface area contributed by atoms with Crippen LogP contribution in [0, 0.1) is 5.92 Å². The van der Waals surface area contributed by atoms with E-state index in [1.54, 1.807) is 0 Å². The molecule has 0 fully saturated rings. The first kappa shape index (κ1) is 23.1. The summed E-state index contributed by atoms with van der Waals surface area (Å²) in [6, 6.07) is 0. The number of unbranched alkanes of at least 4 members (excludes halogenated alkanes) is 6. The van der Waals surface area contributed by atoms with Gasteiger partial charge in [0.1, 0.15) is 0 Å². The van der Waals surface area contributed by atoms with E-state index in [1.165, 1.54) is 57.8 Å². The number of hydrogen-bond acceptors (Lipinski definition) is 3. The lowest BCUT2D eigenvalue weighted by Gasteiger charge is -2.12. The molecule has 0 aliphatic carbocycles. The van der Waals surface area contributed by atoms with E-state index >= 15 is 0 Å². The van der Waals surface area contributed by atoms with Crippen molar-refractivity contribution in [3.05, 3.63) is 0 Å². The third-order valence-electron chi connectivity index (χ3n) is 3.38. The van der Waals surface area contributed by atoms with Crippen molar-refractivity contribution in [3.8, 4) is 0 Å². The van der Waals surface area contributed by atoms with Crippen molar-refractivity contribution in [2.45, 2.75) is 91.1 Å². The lowest BCUT2D eigenvalue weighted by atomic mass is 9.96. The maximum Gasteiger partial charge on any atom is 0.394 e. The van der Waals surface area contributed by atoms with Crippen LogP contribution in [-0.4, -0.2) is 28.7 Å². The Balaban J connectivity index is 0. The van der Waals surface area contributed by atoms with Gasteiger partial charge in [-0.2, -0.15) is 8.42 Å². The standard InChI is InChI=1S/C15H32O.H2O4S/c1-4-5-6-7-8-9-10-11-14(2)12-13-15(3)16;1-5(2,3)4/h14-16H,4-13H2,1-3H3;(H2,1,2,3,4). The summed E-state index contributed by atoms with van der Waals surface area (Å²) in [6.07, 6.45) is 13.2. The highest BCUT2D eigenvalue weighted by atomic mass is 32.3. The maximum absolute atomic E-state index is 9.19. The van der Waals surface area contributed by atoms with Gasteiger partial charge in [0, 0.05) is 0 Å². The van der Waals surface area contributed by atoms with Crippen LogP contribution >= 0.6 is 0 Å². The molecule has 0 aromatic heterocycles. The van der Waals surface area contributed by atoms with Gasteiger partial charge in [-0.25, -0.2) is 0 Å². The SMILES string of the molecule is CCCCCCCCCC(C)CCC(C)O.O=S(=O)(O)O. The van der Waals surface area contributed by atoms with Crippen LogP contribution in [0.15, 0.2) is 0 Å². The Morgan fingerprint density at radius 2 is 1.24 bits per heavy atom. The maximum atomic E-state index is 9.19. The third-order valence-corrected chi connectivity index (χ3v) is 3.38. The average Bonchev–Trinajstić information content (AvgIpc) is 2.33. The minimum atomic E-state index is -4.67. The molecule has 0 saturated carbocycles. The predicted molar refractivity (Wildman–Crippen MR) is 86.9 cm³/mol. The lowest BCUT2D eigenvalue weighted by molar-refractivity contribution is 0.173. The first-order chi connectivity index (χ1) is 9.66. The normalized spacial score (nSPS) is 14.2. The van der Waals surface area contributed by atoms with Gasteiger partial charge in [0.25, 0.3) is 0 Å². The summed E-state index contributed by atoms with van der Waals surface area (Å²) in [5.41, 5.74) is 0. The first-order valence-electron chi connectivity index (χ1n) is 8.04. The fourth-order valence-corrected chi connectivity index (χ4v) is 2.12. The second kappa shape index (κ2) is 14.8. The van der Waals surface area contributed by atoms with Crippen molar-refractivity contribution in [1.29, 1.82) is 0 Å². The number of hydrogen-bond donors (Lipinski definition) is 3. The van der Waals surface area contributed by atoms with Gasteiger partial charge in [-0.15, -0.1) is 0 Å². The molecule has 0 spiro atoms. The van der Waals surface area contributed by atoms with Crippen molar-refractivity contribution in [3.63, 3.8) is 0 Å². The molecular weight excluding hydrogens is 292 g/mol. The van der Waals surface area contributed by atoms with Crippen molar-refractivity contribution < 1.29 is 22.6 Å². The average molecular weight is 326 g/mol. The summed E-state index contributed by atoms with van der Waals surface area (Å²) in [7, 11) is -4.67. The van der Waals surface area contributed by atoms with Crippen LogP contribution in [0.3, 0.4) is 0 Å². The van der Waals surface area contributed by atoms with Crippen molar-refractivity contribution in [2.24, 2.45) is 5.92 Å². The minimum absolute atomic E-state index is 0.114. The Bertz CT molecular complexity index is 293. The zero-order valence-electron chi connectivity index (χ0n) is 13.8. The van der Waals surface area contributed by atoms with E-state index in [1.807, 2.05) is 6.92 Å². The van der Waals surface area contributed by atoms with E-state index in [9.17, 15) is 5.11 Å². The Kier molecular flexibility index (Phi) is 16.2. The molecule has 2 atom stereocenters. The van der Waals surface area contributed by atoms with Gasteiger partial charge in [-0.05, 0) is 25.7 Å². The number of aliphatic hydroxyl groups excluding tert-OH is 1. The van der Waals surface area contributed by atoms with Crippen LogP contribution in [-0.2, 0) is 10.4 Å². The van der Waals surface area contributed by atoms with Crippen molar-refractivity contribution in [2.75, 3.05) is 0 Å². The number of rotatable bonds is 11. The molecule has 0 heterocycles. The van der Waals surface area contributed by atoms with E-state index in [4.69, 9.17) is 17.5 Å². The smallest absolute Gasteiger partial charge is 0.393 e. The van der Waals surface area contributed by atoms with Gasteiger partial charge < -0.3 is 5.11 Å². The molecule has 0 aliphatic rings. The molecule has 3 N–H and O–H groups in total. The van der Waals surface area contributed by atoms with E-state index < -0.39 is 10.4 Å². The molecular formula is C15H34O5S. The van der Waals surface area contributed by atoms with Crippen LogP contribution in [0.1, 0.15) is 85.0 Å². The summed E-state index contributed by atoms with van der Waals surface area (Å²) in [5.74, 6) is 0.797. The first-order valence-corrected chi connectivity index (χ1v) is 9.44. The quantitative estimate of drug-likeness (QED) is 0.389. The fourth-order valence-electron chi connectivity index (χ4n) is 2.12. The number of aliphatic hydroxyl groups is 1. The highest BCUT2D eigenvalue weighted by molar-refractivity contribution is 7.79. The molecule has 5 nitrogen and oxygen atoms in total. The molecule has 0 aromatic rings. The van der Waals surface area contributed by atoms with E-state index in [0.717, 1.165) is 12.3 Å². The summed E-state index contributed by atoms with van der Waals surface area (Å²) in [5, 5.41) is 9.19. The second-order valence-electron chi connectivity index (χ2n) is 5.89. The minimum Gasteiger partial charge on any atom is -0.393 e. The predicted octanol–water partition coefficient (Wildman–Crippen LogP) is 4.27. The largest absolute Gasteiger partial charge is 0.394 e. The Labute approximate surface area is 130 Å². The molecule has 130 valence electrons. The Morgan fingerprint density at radius 1 is 0.810 bits per heavy atom. The van der Waals surface area contributed by atoms with Crippen LogP contribution in [0.2, 0.25) is 0 Å². The van der Waals surface area contributed by atoms with Crippen LogP contribution in [0.25, 0.3) is 0 Å². The van der Waals surface area contributed by atoms with Gasteiger partial charge >= 0.3 is 10.4 Å². The molecule has 0 aliphatic heterocycles. The molecule has 21 heavy (non-hydrogen) atoms. The fraction of sp³-hybridized carbons (Fsp3) is 1.00. The highest BCUT2D eigenvalue weighted by Gasteiger charge is 2.04. The van der Waals surface area contributed by atoms with Gasteiger partial charge in [0.15, 0.2) is 0 Å². The summed E-state index contributed by atoms with van der Waals surface area (Å²) in [6.45, 7) is 6.48. The topological polar surface area (TPSA) is 94.8 Å².